The number of hydrogen-bond acceptors (Lipinski definition) is 4. The number of anilines is 1. The van der Waals surface area contributed by atoms with Crippen molar-refractivity contribution in [2.24, 2.45) is 5.92 Å². The number of benzene rings is 1. The van der Waals surface area contributed by atoms with Gasteiger partial charge in [0.15, 0.2) is 5.58 Å². The Morgan fingerprint density at radius 3 is 2.86 bits per heavy atom. The van der Waals surface area contributed by atoms with Gasteiger partial charge in [-0.15, -0.1) is 0 Å². The molecule has 6 nitrogen and oxygen atoms in total. The molecule has 1 aliphatic rings. The Hall–Kier alpha value is -2.24. The van der Waals surface area contributed by atoms with Crippen LogP contribution in [0.15, 0.2) is 28.7 Å². The van der Waals surface area contributed by atoms with Gasteiger partial charge in [-0.25, -0.2) is 4.79 Å². The molecule has 2 heterocycles. The lowest BCUT2D eigenvalue weighted by molar-refractivity contribution is 0.193. The second-order valence-electron chi connectivity index (χ2n) is 5.42. The zero-order valence-electron chi connectivity index (χ0n) is 11.8. The molecule has 0 aliphatic carbocycles. The third-order valence-electron chi connectivity index (χ3n) is 4.00. The van der Waals surface area contributed by atoms with Crippen LogP contribution in [0.2, 0.25) is 0 Å². The number of nitrogens with one attached hydrogen (secondary N) is 1. The summed E-state index contributed by atoms with van der Waals surface area (Å²) in [5.41, 5.74) is 1.71. The maximum Gasteiger partial charge on any atom is 0.404 e. The highest BCUT2D eigenvalue weighted by atomic mass is 16.4. The molecule has 0 bridgehead atoms. The van der Waals surface area contributed by atoms with Gasteiger partial charge in [-0.05, 0) is 37.3 Å². The summed E-state index contributed by atoms with van der Waals surface area (Å²) >= 11 is 0. The number of hydrogen-bond donors (Lipinski definition) is 2. The fraction of sp³-hybridized carbons (Fsp3) is 0.467. The average Bonchev–Trinajstić information content (AvgIpc) is 2.91. The molecule has 6 heteroatoms. The fourth-order valence-corrected chi connectivity index (χ4v) is 2.79. The lowest BCUT2D eigenvalue weighted by Gasteiger charge is -2.30. The lowest BCUT2D eigenvalue weighted by atomic mass is 9.94. The topological polar surface area (TPSA) is 78.6 Å². The summed E-state index contributed by atoms with van der Waals surface area (Å²) in [5.74, 6) is 0.567. The highest BCUT2D eigenvalue weighted by Crippen LogP contribution is 2.27. The maximum absolute atomic E-state index is 10.4. The van der Waals surface area contributed by atoms with Crippen molar-refractivity contribution in [1.29, 1.82) is 0 Å². The lowest BCUT2D eigenvalue weighted by Crippen LogP contribution is -2.35. The highest BCUT2D eigenvalue weighted by molar-refractivity contribution is 5.74. The number of piperidine rings is 1. The molecule has 0 unspecified atom stereocenters. The summed E-state index contributed by atoms with van der Waals surface area (Å²) in [4.78, 5) is 17.1. The predicted octanol–water partition coefficient (Wildman–Crippen LogP) is 2.70. The summed E-state index contributed by atoms with van der Waals surface area (Å²) in [6, 6.07) is 8.47. The van der Waals surface area contributed by atoms with Crippen LogP contribution in [-0.2, 0) is 0 Å². The van der Waals surface area contributed by atoms with Gasteiger partial charge in [0.25, 0.3) is 6.01 Å². The molecule has 1 amide bonds. The van der Waals surface area contributed by atoms with Crippen LogP contribution in [0, 0.1) is 5.92 Å². The molecule has 1 aliphatic heterocycles. The van der Waals surface area contributed by atoms with E-state index in [9.17, 15) is 4.79 Å². The fourth-order valence-electron chi connectivity index (χ4n) is 2.79. The van der Waals surface area contributed by atoms with Crippen LogP contribution in [0.5, 0.6) is 0 Å². The molecule has 3 rings (SSSR count). The minimum atomic E-state index is -0.945. The van der Waals surface area contributed by atoms with Crippen molar-refractivity contribution in [3.05, 3.63) is 24.3 Å². The molecule has 0 atom stereocenters. The minimum Gasteiger partial charge on any atom is -0.465 e. The van der Waals surface area contributed by atoms with Gasteiger partial charge >= 0.3 is 6.09 Å². The monoisotopic (exact) mass is 289 g/mol. The predicted molar refractivity (Wildman–Crippen MR) is 79.6 cm³/mol. The Labute approximate surface area is 122 Å². The Kier molecular flexibility index (Phi) is 3.94. The van der Waals surface area contributed by atoms with Gasteiger partial charge < -0.3 is 19.7 Å². The molecule has 21 heavy (non-hydrogen) atoms. The van der Waals surface area contributed by atoms with E-state index in [1.165, 1.54) is 0 Å². The first kappa shape index (κ1) is 13.7. The van der Waals surface area contributed by atoms with Crippen LogP contribution in [0.4, 0.5) is 10.8 Å². The molecular formula is C15H19N3O3. The van der Waals surface area contributed by atoms with Crippen LogP contribution < -0.4 is 10.2 Å². The van der Waals surface area contributed by atoms with E-state index in [1.807, 2.05) is 24.3 Å². The standard InChI is InChI=1S/C15H19N3O3/c19-15(20)16-8-5-11-6-9-18(10-7-11)14-17-12-3-1-2-4-13(12)21-14/h1-4,11,16H,5-10H2,(H,19,20). The van der Waals surface area contributed by atoms with E-state index in [2.05, 4.69) is 15.2 Å². The number of aromatic nitrogens is 1. The van der Waals surface area contributed by atoms with E-state index in [-0.39, 0.29) is 0 Å². The molecular weight excluding hydrogens is 270 g/mol. The van der Waals surface area contributed by atoms with Crippen LogP contribution in [0.25, 0.3) is 11.1 Å². The number of fused-ring (bicyclic) bond motifs is 1. The molecule has 0 saturated carbocycles. The van der Waals surface area contributed by atoms with Gasteiger partial charge in [-0.3, -0.25) is 0 Å². The van der Waals surface area contributed by atoms with Crippen molar-refractivity contribution in [2.75, 3.05) is 24.5 Å². The number of rotatable bonds is 4. The van der Waals surface area contributed by atoms with Crippen molar-refractivity contribution >= 4 is 23.2 Å². The third kappa shape index (κ3) is 3.26. The number of nitrogens with zero attached hydrogens (tertiary/aromatic N) is 2. The molecule has 2 N–H and O–H groups in total. The van der Waals surface area contributed by atoms with Crippen molar-refractivity contribution in [1.82, 2.24) is 10.3 Å². The molecule has 112 valence electrons. The van der Waals surface area contributed by atoms with Crippen LogP contribution in [0.3, 0.4) is 0 Å². The van der Waals surface area contributed by atoms with E-state index >= 15 is 0 Å². The molecule has 2 aromatic rings. The first-order valence-electron chi connectivity index (χ1n) is 7.29. The Balaban J connectivity index is 1.54. The van der Waals surface area contributed by atoms with Crippen LogP contribution in [0.1, 0.15) is 19.3 Å². The Morgan fingerprint density at radius 1 is 1.38 bits per heavy atom. The van der Waals surface area contributed by atoms with Gasteiger partial charge in [0.2, 0.25) is 0 Å². The maximum atomic E-state index is 10.4. The Morgan fingerprint density at radius 2 is 2.14 bits per heavy atom. The normalized spacial score (nSPS) is 16.3. The van der Waals surface area contributed by atoms with Crippen LogP contribution >= 0.6 is 0 Å². The van der Waals surface area contributed by atoms with Crippen molar-refractivity contribution in [3.63, 3.8) is 0 Å². The first-order chi connectivity index (χ1) is 10.2. The van der Waals surface area contributed by atoms with Crippen molar-refractivity contribution < 1.29 is 14.3 Å². The number of carbonyl (C=O) groups is 1. The van der Waals surface area contributed by atoms with Gasteiger partial charge in [-0.1, -0.05) is 12.1 Å². The second-order valence-corrected chi connectivity index (χ2v) is 5.42. The van der Waals surface area contributed by atoms with Gasteiger partial charge in [-0.2, -0.15) is 4.98 Å². The average molecular weight is 289 g/mol. The molecule has 1 aromatic heterocycles. The smallest absolute Gasteiger partial charge is 0.404 e. The summed E-state index contributed by atoms with van der Waals surface area (Å²) < 4.78 is 5.78. The zero-order valence-corrected chi connectivity index (χ0v) is 11.8. The van der Waals surface area contributed by atoms with Crippen molar-refractivity contribution in [2.45, 2.75) is 19.3 Å². The SMILES string of the molecule is O=C(O)NCCC1CCN(c2nc3ccccc3o2)CC1. The molecule has 1 aromatic carbocycles. The highest BCUT2D eigenvalue weighted by Gasteiger charge is 2.22. The largest absolute Gasteiger partial charge is 0.465 e. The summed E-state index contributed by atoms with van der Waals surface area (Å²) in [6.45, 7) is 2.35. The third-order valence-corrected chi connectivity index (χ3v) is 4.00. The summed E-state index contributed by atoms with van der Waals surface area (Å²) in [6.07, 6.45) is 2.03. The molecule has 1 fully saturated rings. The van der Waals surface area contributed by atoms with E-state index in [0.29, 0.717) is 18.5 Å². The van der Waals surface area contributed by atoms with E-state index < -0.39 is 6.09 Å². The summed E-state index contributed by atoms with van der Waals surface area (Å²) in [7, 11) is 0. The molecule has 0 spiro atoms. The van der Waals surface area contributed by atoms with E-state index in [4.69, 9.17) is 9.52 Å². The van der Waals surface area contributed by atoms with Crippen molar-refractivity contribution in [3.8, 4) is 0 Å². The van der Waals surface area contributed by atoms with E-state index in [1.54, 1.807) is 0 Å². The van der Waals surface area contributed by atoms with Gasteiger partial charge in [0, 0.05) is 19.6 Å². The number of amides is 1. The second kappa shape index (κ2) is 6.03. The number of para-hydroxylation sites is 2. The van der Waals surface area contributed by atoms with Gasteiger partial charge in [0.1, 0.15) is 5.52 Å². The number of oxazole rings is 1. The zero-order chi connectivity index (χ0) is 14.7. The van der Waals surface area contributed by atoms with Crippen LogP contribution in [-0.4, -0.2) is 35.8 Å². The number of carboxylic acid groups (broad SMARTS) is 1. The molecule has 0 radical (unpaired) electrons. The summed E-state index contributed by atoms with van der Waals surface area (Å²) in [5, 5.41) is 11.0. The minimum absolute atomic E-state index is 0.531. The molecule has 1 saturated heterocycles. The first-order valence-corrected chi connectivity index (χ1v) is 7.29. The quantitative estimate of drug-likeness (QED) is 0.904. The Bertz CT molecular complexity index is 584. The van der Waals surface area contributed by atoms with Gasteiger partial charge in [0.05, 0.1) is 0 Å². The van der Waals surface area contributed by atoms with E-state index in [0.717, 1.165) is 43.5 Å².